The van der Waals surface area contributed by atoms with Crippen LogP contribution in [0.2, 0.25) is 0 Å². The van der Waals surface area contributed by atoms with Crippen molar-refractivity contribution in [2.45, 2.75) is 6.42 Å². The fourth-order valence-electron chi connectivity index (χ4n) is 0.998. The Morgan fingerprint density at radius 2 is 2.38 bits per heavy atom. The first-order valence-corrected chi connectivity index (χ1v) is 5.73. The Morgan fingerprint density at radius 1 is 1.38 bits per heavy atom. The van der Waals surface area contributed by atoms with E-state index in [0.717, 1.165) is 18.1 Å². The molecule has 0 saturated carbocycles. The molecular weight excluding hydrogens is 202 g/mol. The van der Waals surface area contributed by atoms with Crippen LogP contribution in [0.1, 0.15) is 4.88 Å². The average molecular weight is 211 g/mol. The maximum Gasteiger partial charge on any atom is 0.205 e. The normalized spacial score (nSPS) is 10.2. The monoisotopic (exact) mass is 211 g/mol. The highest BCUT2D eigenvalue weighted by Gasteiger charge is 1.96. The lowest BCUT2D eigenvalue weighted by Crippen LogP contribution is -2.03. The summed E-state index contributed by atoms with van der Waals surface area (Å²) in [6.07, 6.45) is 1.05. The summed E-state index contributed by atoms with van der Waals surface area (Å²) in [5, 5.41) is 13.9. The van der Waals surface area contributed by atoms with Gasteiger partial charge in [-0.05, 0) is 17.9 Å². The summed E-state index contributed by atoms with van der Waals surface area (Å²) < 4.78 is 0. The van der Waals surface area contributed by atoms with Crippen LogP contribution in [0.5, 0.6) is 0 Å². The number of aromatic nitrogens is 2. The molecule has 3 nitrogen and oxygen atoms in total. The van der Waals surface area contributed by atoms with Crippen molar-refractivity contribution in [3.63, 3.8) is 0 Å². The topological polar surface area (TPSA) is 37.8 Å². The zero-order valence-electron chi connectivity index (χ0n) is 6.93. The Balaban J connectivity index is 1.76. The molecule has 2 aromatic heterocycles. The van der Waals surface area contributed by atoms with Crippen molar-refractivity contribution in [1.82, 2.24) is 10.2 Å². The molecule has 0 amide bonds. The van der Waals surface area contributed by atoms with Gasteiger partial charge >= 0.3 is 0 Å². The van der Waals surface area contributed by atoms with E-state index in [4.69, 9.17) is 0 Å². The van der Waals surface area contributed by atoms with Crippen molar-refractivity contribution in [1.29, 1.82) is 0 Å². The number of rotatable bonds is 4. The number of nitrogens with one attached hydrogen (secondary N) is 1. The van der Waals surface area contributed by atoms with Crippen LogP contribution in [0.3, 0.4) is 0 Å². The van der Waals surface area contributed by atoms with E-state index in [0.29, 0.717) is 0 Å². The summed E-state index contributed by atoms with van der Waals surface area (Å²) in [4.78, 5) is 1.40. The predicted octanol–water partition coefficient (Wildman–Crippen LogP) is 2.25. The molecule has 0 aliphatic carbocycles. The minimum atomic E-state index is 0.900. The molecule has 2 rings (SSSR count). The van der Waals surface area contributed by atoms with Crippen LogP contribution in [0.25, 0.3) is 0 Å². The maximum atomic E-state index is 3.90. The molecule has 68 valence electrons. The summed E-state index contributed by atoms with van der Waals surface area (Å²) in [5.74, 6) is 0. The van der Waals surface area contributed by atoms with Gasteiger partial charge in [-0.15, -0.1) is 21.5 Å². The van der Waals surface area contributed by atoms with Crippen molar-refractivity contribution in [2.24, 2.45) is 0 Å². The zero-order valence-corrected chi connectivity index (χ0v) is 8.57. The SMILES string of the molecule is c1csc(CCNc2nncs2)c1. The zero-order chi connectivity index (χ0) is 8.93. The first-order chi connectivity index (χ1) is 6.45. The fourth-order valence-corrected chi connectivity index (χ4v) is 2.18. The van der Waals surface area contributed by atoms with Crippen molar-refractivity contribution in [3.05, 3.63) is 27.9 Å². The molecule has 0 fully saturated rings. The molecule has 0 bridgehead atoms. The summed E-state index contributed by atoms with van der Waals surface area (Å²) in [5.41, 5.74) is 1.73. The van der Waals surface area contributed by atoms with Crippen LogP contribution >= 0.6 is 22.7 Å². The summed E-state index contributed by atoms with van der Waals surface area (Å²) in [7, 11) is 0. The second kappa shape index (κ2) is 4.34. The van der Waals surface area contributed by atoms with Gasteiger partial charge < -0.3 is 5.32 Å². The highest BCUT2D eigenvalue weighted by molar-refractivity contribution is 7.13. The van der Waals surface area contributed by atoms with Gasteiger partial charge in [-0.3, -0.25) is 0 Å². The van der Waals surface area contributed by atoms with E-state index in [2.05, 4.69) is 33.0 Å². The summed E-state index contributed by atoms with van der Waals surface area (Å²) in [6, 6.07) is 4.22. The highest BCUT2D eigenvalue weighted by Crippen LogP contribution is 2.11. The minimum absolute atomic E-state index is 0.900. The minimum Gasteiger partial charge on any atom is -0.360 e. The first-order valence-electron chi connectivity index (χ1n) is 3.97. The van der Waals surface area contributed by atoms with E-state index in [-0.39, 0.29) is 0 Å². The molecule has 0 aliphatic rings. The van der Waals surface area contributed by atoms with Gasteiger partial charge in [0.2, 0.25) is 5.13 Å². The van der Waals surface area contributed by atoms with Gasteiger partial charge in [0.15, 0.2) is 0 Å². The Morgan fingerprint density at radius 3 is 3.08 bits per heavy atom. The highest BCUT2D eigenvalue weighted by atomic mass is 32.1. The van der Waals surface area contributed by atoms with Gasteiger partial charge in [0.05, 0.1) is 0 Å². The average Bonchev–Trinajstić information content (AvgIpc) is 2.75. The van der Waals surface area contributed by atoms with Gasteiger partial charge in [0, 0.05) is 11.4 Å². The molecule has 0 radical (unpaired) electrons. The van der Waals surface area contributed by atoms with Crippen LogP contribution < -0.4 is 5.32 Å². The molecular formula is C8H9N3S2. The van der Waals surface area contributed by atoms with Crippen LogP contribution in [0, 0.1) is 0 Å². The van der Waals surface area contributed by atoms with Crippen LogP contribution in [0.15, 0.2) is 23.0 Å². The molecule has 2 aromatic rings. The third-order valence-corrected chi connectivity index (χ3v) is 3.17. The molecule has 0 spiro atoms. The van der Waals surface area contributed by atoms with Crippen LogP contribution in [-0.4, -0.2) is 16.7 Å². The molecule has 0 unspecified atom stereocenters. The van der Waals surface area contributed by atoms with E-state index in [1.165, 1.54) is 16.2 Å². The predicted molar refractivity (Wildman–Crippen MR) is 56.4 cm³/mol. The number of thiophene rings is 1. The molecule has 0 aliphatic heterocycles. The Hall–Kier alpha value is -0.940. The molecule has 5 heteroatoms. The maximum absolute atomic E-state index is 3.90. The van der Waals surface area contributed by atoms with Crippen molar-refractivity contribution >= 4 is 27.8 Å². The second-order valence-electron chi connectivity index (χ2n) is 2.50. The first kappa shape index (κ1) is 8.65. The Kier molecular flexibility index (Phi) is 2.89. The van der Waals surface area contributed by atoms with Crippen molar-refractivity contribution in [3.8, 4) is 0 Å². The van der Waals surface area contributed by atoms with Gasteiger partial charge in [-0.2, -0.15) is 0 Å². The fraction of sp³-hybridized carbons (Fsp3) is 0.250. The second-order valence-corrected chi connectivity index (χ2v) is 4.37. The molecule has 0 saturated heterocycles. The number of hydrogen-bond donors (Lipinski definition) is 1. The molecule has 0 atom stereocenters. The number of anilines is 1. The van der Waals surface area contributed by atoms with E-state index in [1.54, 1.807) is 16.8 Å². The Bertz CT molecular complexity index is 294. The third kappa shape index (κ3) is 2.50. The van der Waals surface area contributed by atoms with Crippen LogP contribution in [0.4, 0.5) is 5.13 Å². The smallest absolute Gasteiger partial charge is 0.205 e. The molecule has 0 aromatic carbocycles. The number of nitrogens with zero attached hydrogens (tertiary/aromatic N) is 2. The lowest BCUT2D eigenvalue weighted by molar-refractivity contribution is 1.01. The largest absolute Gasteiger partial charge is 0.360 e. The molecule has 1 N–H and O–H groups in total. The van der Waals surface area contributed by atoms with Crippen molar-refractivity contribution in [2.75, 3.05) is 11.9 Å². The van der Waals surface area contributed by atoms with Gasteiger partial charge in [0.25, 0.3) is 0 Å². The third-order valence-electron chi connectivity index (χ3n) is 1.59. The lowest BCUT2D eigenvalue weighted by atomic mass is 10.3. The summed E-state index contributed by atoms with van der Waals surface area (Å²) >= 11 is 3.32. The van der Waals surface area contributed by atoms with E-state index in [9.17, 15) is 0 Å². The van der Waals surface area contributed by atoms with Gasteiger partial charge in [-0.25, -0.2) is 0 Å². The summed E-state index contributed by atoms with van der Waals surface area (Å²) in [6.45, 7) is 0.926. The Labute approximate surface area is 84.5 Å². The van der Waals surface area contributed by atoms with Gasteiger partial charge in [0.1, 0.15) is 5.51 Å². The van der Waals surface area contributed by atoms with E-state index in [1.807, 2.05) is 0 Å². The number of hydrogen-bond acceptors (Lipinski definition) is 5. The lowest BCUT2D eigenvalue weighted by Gasteiger charge is -1.98. The van der Waals surface area contributed by atoms with Crippen molar-refractivity contribution < 1.29 is 0 Å². The standard InChI is InChI=1S/C8H9N3S2/c1-2-7(12-5-1)3-4-9-8-11-10-6-13-8/h1-2,5-6H,3-4H2,(H,9,11). The quantitative estimate of drug-likeness (QED) is 0.843. The molecule has 2 heterocycles. The van der Waals surface area contributed by atoms with Gasteiger partial charge in [-0.1, -0.05) is 17.4 Å². The molecule has 13 heavy (non-hydrogen) atoms. The van der Waals surface area contributed by atoms with Crippen LogP contribution in [-0.2, 0) is 6.42 Å². The van der Waals surface area contributed by atoms with E-state index >= 15 is 0 Å². The van der Waals surface area contributed by atoms with E-state index < -0.39 is 0 Å².